The monoisotopic (exact) mass is 267 g/mol. The maximum absolute atomic E-state index is 13.9. The Labute approximate surface area is 113 Å². The van der Waals surface area contributed by atoms with E-state index < -0.39 is 11.9 Å². The van der Waals surface area contributed by atoms with Crippen LogP contribution >= 0.6 is 0 Å². The fraction of sp³-hybridized carbons (Fsp3) is 0.600. The summed E-state index contributed by atoms with van der Waals surface area (Å²) in [5.74, 6) is 0.00654. The van der Waals surface area contributed by atoms with E-state index in [0.717, 1.165) is 19.3 Å². The molecular formula is C15H22FNO2. The van der Waals surface area contributed by atoms with Crippen molar-refractivity contribution in [1.82, 2.24) is 5.32 Å². The number of nitrogens with one attached hydrogen (secondary N) is 1. The molecule has 0 bridgehead atoms. The Hall–Kier alpha value is -1.13. The number of piperidine rings is 1. The van der Waals surface area contributed by atoms with Gasteiger partial charge in [-0.15, -0.1) is 0 Å². The van der Waals surface area contributed by atoms with Crippen LogP contribution in [-0.2, 0) is 0 Å². The highest BCUT2D eigenvalue weighted by atomic mass is 19.1. The predicted molar refractivity (Wildman–Crippen MR) is 72.8 cm³/mol. The van der Waals surface area contributed by atoms with Crippen LogP contribution in [0.2, 0.25) is 0 Å². The second-order valence-corrected chi connectivity index (χ2v) is 5.30. The molecule has 19 heavy (non-hydrogen) atoms. The van der Waals surface area contributed by atoms with Crippen LogP contribution in [0, 0.1) is 5.82 Å². The Morgan fingerprint density at radius 2 is 2.26 bits per heavy atom. The molecule has 0 aliphatic carbocycles. The Morgan fingerprint density at radius 1 is 1.47 bits per heavy atom. The van der Waals surface area contributed by atoms with E-state index in [0.29, 0.717) is 18.2 Å². The van der Waals surface area contributed by atoms with E-state index in [4.69, 9.17) is 4.74 Å². The van der Waals surface area contributed by atoms with Gasteiger partial charge in [0.1, 0.15) is 11.6 Å². The number of halogens is 1. The molecule has 0 radical (unpaired) electrons. The second-order valence-electron chi connectivity index (χ2n) is 5.30. The molecule has 1 aliphatic rings. The third kappa shape index (κ3) is 3.45. The molecule has 1 aromatic rings. The van der Waals surface area contributed by atoms with Gasteiger partial charge in [0.15, 0.2) is 0 Å². The lowest BCUT2D eigenvalue weighted by Crippen LogP contribution is -2.41. The van der Waals surface area contributed by atoms with Crippen LogP contribution in [0.1, 0.15) is 44.3 Å². The van der Waals surface area contributed by atoms with Crippen molar-refractivity contribution in [2.75, 3.05) is 7.11 Å². The van der Waals surface area contributed by atoms with Gasteiger partial charge in [-0.05, 0) is 38.3 Å². The molecule has 3 atom stereocenters. The summed E-state index contributed by atoms with van der Waals surface area (Å²) in [5, 5.41) is 13.7. The average molecular weight is 267 g/mol. The molecular weight excluding hydrogens is 245 g/mol. The van der Waals surface area contributed by atoms with E-state index in [9.17, 15) is 9.50 Å². The van der Waals surface area contributed by atoms with Gasteiger partial charge in [0.25, 0.3) is 0 Å². The molecule has 2 rings (SSSR count). The first-order chi connectivity index (χ1) is 9.11. The van der Waals surface area contributed by atoms with Crippen molar-refractivity contribution in [3.05, 3.63) is 29.6 Å². The smallest absolute Gasteiger partial charge is 0.132 e. The third-order valence-electron chi connectivity index (χ3n) is 3.78. The molecule has 1 aromatic carbocycles. The summed E-state index contributed by atoms with van der Waals surface area (Å²) in [6.45, 7) is 2.14. The quantitative estimate of drug-likeness (QED) is 0.881. The van der Waals surface area contributed by atoms with Gasteiger partial charge in [0.05, 0.1) is 18.8 Å². The first-order valence-electron chi connectivity index (χ1n) is 6.88. The van der Waals surface area contributed by atoms with Crippen molar-refractivity contribution < 1.29 is 14.2 Å². The summed E-state index contributed by atoms with van der Waals surface area (Å²) < 4.78 is 19.0. The molecule has 2 N–H and O–H groups in total. The van der Waals surface area contributed by atoms with Crippen LogP contribution in [0.5, 0.6) is 5.75 Å². The van der Waals surface area contributed by atoms with Crippen LogP contribution in [-0.4, -0.2) is 24.3 Å². The molecule has 0 amide bonds. The maximum atomic E-state index is 13.9. The van der Waals surface area contributed by atoms with E-state index in [1.165, 1.54) is 13.2 Å². The van der Waals surface area contributed by atoms with Crippen molar-refractivity contribution in [3.8, 4) is 5.75 Å². The summed E-state index contributed by atoms with van der Waals surface area (Å²) in [5.41, 5.74) is 0.269. The number of rotatable bonds is 4. The minimum atomic E-state index is -0.834. The molecule has 0 saturated carbocycles. The first-order valence-corrected chi connectivity index (χ1v) is 6.88. The molecule has 3 unspecified atom stereocenters. The van der Waals surface area contributed by atoms with Crippen molar-refractivity contribution in [3.63, 3.8) is 0 Å². The van der Waals surface area contributed by atoms with Crippen LogP contribution in [0.25, 0.3) is 0 Å². The topological polar surface area (TPSA) is 41.5 Å². The van der Waals surface area contributed by atoms with Gasteiger partial charge in [0, 0.05) is 12.1 Å². The Kier molecular flexibility index (Phi) is 4.77. The fourth-order valence-corrected chi connectivity index (χ4v) is 2.83. The van der Waals surface area contributed by atoms with Gasteiger partial charge in [0.2, 0.25) is 0 Å². The summed E-state index contributed by atoms with van der Waals surface area (Å²) in [4.78, 5) is 0. The van der Waals surface area contributed by atoms with Crippen molar-refractivity contribution >= 4 is 0 Å². The van der Waals surface area contributed by atoms with Gasteiger partial charge in [-0.2, -0.15) is 0 Å². The summed E-state index contributed by atoms with van der Waals surface area (Å²) in [6, 6.07) is 5.33. The normalized spacial score (nSPS) is 25.1. The lowest BCUT2D eigenvalue weighted by Gasteiger charge is -2.30. The Balaban J connectivity index is 2.09. The molecule has 106 valence electrons. The number of aliphatic hydroxyl groups is 1. The Morgan fingerprint density at radius 3 is 2.95 bits per heavy atom. The average Bonchev–Trinajstić information content (AvgIpc) is 2.38. The predicted octanol–water partition coefficient (Wildman–Crippen LogP) is 2.79. The van der Waals surface area contributed by atoms with Crippen molar-refractivity contribution in [1.29, 1.82) is 0 Å². The number of hydrogen-bond donors (Lipinski definition) is 2. The zero-order valence-electron chi connectivity index (χ0n) is 11.5. The second kappa shape index (κ2) is 6.35. The minimum absolute atomic E-state index is 0.239. The molecule has 0 spiro atoms. The molecule has 1 fully saturated rings. The highest BCUT2D eigenvalue weighted by Crippen LogP contribution is 2.31. The van der Waals surface area contributed by atoms with Gasteiger partial charge in [-0.1, -0.05) is 12.5 Å². The largest absolute Gasteiger partial charge is 0.496 e. The van der Waals surface area contributed by atoms with Crippen molar-refractivity contribution in [2.24, 2.45) is 0 Å². The van der Waals surface area contributed by atoms with E-state index >= 15 is 0 Å². The minimum Gasteiger partial charge on any atom is -0.496 e. The highest BCUT2D eigenvalue weighted by Gasteiger charge is 2.24. The number of benzene rings is 1. The lowest BCUT2D eigenvalue weighted by atomic mass is 9.93. The van der Waals surface area contributed by atoms with Crippen LogP contribution in [0.3, 0.4) is 0 Å². The highest BCUT2D eigenvalue weighted by molar-refractivity contribution is 5.36. The van der Waals surface area contributed by atoms with E-state index in [2.05, 4.69) is 12.2 Å². The van der Waals surface area contributed by atoms with Gasteiger partial charge < -0.3 is 15.2 Å². The molecule has 4 heteroatoms. The summed E-state index contributed by atoms with van der Waals surface area (Å²) in [6.07, 6.45) is 3.02. The maximum Gasteiger partial charge on any atom is 0.132 e. The number of ether oxygens (including phenoxy) is 1. The molecule has 3 nitrogen and oxygen atoms in total. The molecule has 1 heterocycles. The van der Waals surface area contributed by atoms with Crippen molar-refractivity contribution in [2.45, 2.75) is 50.8 Å². The zero-order valence-corrected chi connectivity index (χ0v) is 11.5. The lowest BCUT2D eigenvalue weighted by molar-refractivity contribution is 0.132. The SMILES string of the molecule is COc1cccc(F)c1C(O)CC1CCCC(C)N1. The Bertz CT molecular complexity index is 425. The van der Waals surface area contributed by atoms with Gasteiger partial charge >= 0.3 is 0 Å². The number of hydrogen-bond acceptors (Lipinski definition) is 3. The molecule has 0 aromatic heterocycles. The first kappa shape index (κ1) is 14.3. The summed E-state index contributed by atoms with van der Waals surface area (Å²) in [7, 11) is 1.49. The third-order valence-corrected chi connectivity index (χ3v) is 3.78. The fourth-order valence-electron chi connectivity index (χ4n) is 2.83. The van der Waals surface area contributed by atoms with Crippen LogP contribution in [0.15, 0.2) is 18.2 Å². The number of aliphatic hydroxyl groups excluding tert-OH is 1. The molecule has 1 aliphatic heterocycles. The van der Waals surface area contributed by atoms with E-state index in [1.54, 1.807) is 12.1 Å². The van der Waals surface area contributed by atoms with E-state index in [-0.39, 0.29) is 11.6 Å². The standard InChI is InChI=1S/C15H22FNO2/c1-10-5-3-6-11(17-10)9-13(18)15-12(16)7-4-8-14(15)19-2/h4,7-8,10-11,13,17-18H,3,5-6,9H2,1-2H3. The van der Waals surface area contributed by atoms with E-state index in [1.807, 2.05) is 0 Å². The van der Waals surface area contributed by atoms with Crippen LogP contribution < -0.4 is 10.1 Å². The number of methoxy groups -OCH3 is 1. The molecule has 1 saturated heterocycles. The zero-order chi connectivity index (χ0) is 13.8. The van der Waals surface area contributed by atoms with Gasteiger partial charge in [-0.3, -0.25) is 0 Å². The van der Waals surface area contributed by atoms with Gasteiger partial charge in [-0.25, -0.2) is 4.39 Å². The van der Waals surface area contributed by atoms with Crippen LogP contribution in [0.4, 0.5) is 4.39 Å². The summed E-state index contributed by atoms with van der Waals surface area (Å²) >= 11 is 0.